The van der Waals surface area contributed by atoms with E-state index < -0.39 is 0 Å². The third kappa shape index (κ3) is 4.67. The quantitative estimate of drug-likeness (QED) is 0.192. The molecule has 46 heavy (non-hydrogen) atoms. The second kappa shape index (κ2) is 11.4. The van der Waals surface area contributed by atoms with Gasteiger partial charge in [0.15, 0.2) is 5.82 Å². The van der Waals surface area contributed by atoms with Crippen molar-refractivity contribution in [1.29, 1.82) is 0 Å². The first-order valence-electron chi connectivity index (χ1n) is 16.1. The smallest absolute Gasteiger partial charge is 0.160 e. The number of para-hydroxylation sites is 2. The van der Waals surface area contributed by atoms with Crippen molar-refractivity contribution in [3.8, 4) is 56.4 Å². The third-order valence-electron chi connectivity index (χ3n) is 9.65. The van der Waals surface area contributed by atoms with Crippen LogP contribution in [0.15, 0.2) is 146 Å². The molecular formula is C43H34N2O. The summed E-state index contributed by atoms with van der Waals surface area (Å²) in [6.45, 7) is 4.58. The molecule has 0 bridgehead atoms. The van der Waals surface area contributed by atoms with Gasteiger partial charge in [-0.3, -0.25) is 0 Å². The number of ether oxygens (including phenoxy) is 1. The van der Waals surface area contributed by atoms with Crippen molar-refractivity contribution >= 4 is 10.9 Å². The van der Waals surface area contributed by atoms with Crippen LogP contribution >= 0.6 is 0 Å². The molecule has 0 spiro atoms. The van der Waals surface area contributed by atoms with E-state index in [-0.39, 0.29) is 5.41 Å². The van der Waals surface area contributed by atoms with Crippen LogP contribution in [0.25, 0.3) is 55.8 Å². The molecule has 222 valence electrons. The van der Waals surface area contributed by atoms with Crippen molar-refractivity contribution in [2.75, 3.05) is 0 Å². The van der Waals surface area contributed by atoms with Crippen LogP contribution in [0.5, 0.6) is 11.5 Å². The molecule has 0 amide bonds. The fraction of sp³-hybridized carbons (Fsp3) is 0.116. The van der Waals surface area contributed by atoms with E-state index in [1.165, 1.54) is 27.8 Å². The molecule has 0 unspecified atom stereocenters. The molecule has 0 radical (unpaired) electrons. The minimum atomic E-state index is -0.0706. The van der Waals surface area contributed by atoms with Crippen molar-refractivity contribution in [3.63, 3.8) is 0 Å². The van der Waals surface area contributed by atoms with E-state index in [2.05, 4.69) is 141 Å². The maximum Gasteiger partial charge on any atom is 0.160 e. The lowest BCUT2D eigenvalue weighted by Crippen LogP contribution is -2.30. The average molecular weight is 595 g/mol. The molecule has 6 aromatic carbocycles. The van der Waals surface area contributed by atoms with Crippen molar-refractivity contribution in [2.45, 2.75) is 32.1 Å². The van der Waals surface area contributed by atoms with Gasteiger partial charge in [-0.15, -0.1) is 0 Å². The highest BCUT2D eigenvalue weighted by molar-refractivity contribution is 5.93. The van der Waals surface area contributed by atoms with Crippen LogP contribution < -0.4 is 4.74 Å². The van der Waals surface area contributed by atoms with Gasteiger partial charge in [-0.25, -0.2) is 9.97 Å². The van der Waals surface area contributed by atoms with E-state index >= 15 is 0 Å². The van der Waals surface area contributed by atoms with E-state index in [1.807, 2.05) is 18.2 Å². The van der Waals surface area contributed by atoms with Crippen LogP contribution in [0.4, 0.5) is 0 Å². The predicted molar refractivity (Wildman–Crippen MR) is 189 cm³/mol. The summed E-state index contributed by atoms with van der Waals surface area (Å²) in [6.07, 6.45) is 2.03. The summed E-state index contributed by atoms with van der Waals surface area (Å²) >= 11 is 0. The zero-order valence-electron chi connectivity index (χ0n) is 26.1. The predicted octanol–water partition coefficient (Wildman–Crippen LogP) is 11.5. The van der Waals surface area contributed by atoms with Crippen LogP contribution in [-0.4, -0.2) is 9.97 Å². The molecule has 1 aromatic heterocycles. The summed E-state index contributed by atoms with van der Waals surface area (Å²) in [4.78, 5) is 9.99. The van der Waals surface area contributed by atoms with Crippen molar-refractivity contribution < 1.29 is 4.74 Å². The Morgan fingerprint density at radius 2 is 1.09 bits per heavy atom. The molecule has 8 rings (SSSR count). The van der Waals surface area contributed by atoms with Gasteiger partial charge in [0.25, 0.3) is 0 Å². The van der Waals surface area contributed by atoms with Gasteiger partial charge in [-0.1, -0.05) is 129 Å². The van der Waals surface area contributed by atoms with Gasteiger partial charge in [-0.2, -0.15) is 0 Å². The number of hydrogen-bond acceptors (Lipinski definition) is 3. The maximum absolute atomic E-state index is 6.41. The monoisotopic (exact) mass is 594 g/mol. The molecule has 0 fully saturated rings. The molecule has 3 heteroatoms. The summed E-state index contributed by atoms with van der Waals surface area (Å²) in [5.74, 6) is 2.66. The first kappa shape index (κ1) is 28.0. The Morgan fingerprint density at radius 3 is 1.89 bits per heavy atom. The molecular weight excluding hydrogens is 560 g/mol. The fourth-order valence-electron chi connectivity index (χ4n) is 7.11. The summed E-state index contributed by atoms with van der Waals surface area (Å²) in [6, 6.07) is 51.2. The van der Waals surface area contributed by atoms with Crippen molar-refractivity contribution in [1.82, 2.24) is 9.97 Å². The Hall–Kier alpha value is -5.54. The summed E-state index contributed by atoms with van der Waals surface area (Å²) in [5, 5.41) is 1.05. The Kier molecular flexibility index (Phi) is 6.95. The van der Waals surface area contributed by atoms with E-state index in [4.69, 9.17) is 14.7 Å². The lowest BCUT2D eigenvalue weighted by molar-refractivity contribution is 0.375. The molecule has 0 saturated heterocycles. The van der Waals surface area contributed by atoms with Gasteiger partial charge in [0.05, 0.1) is 11.2 Å². The lowest BCUT2D eigenvalue weighted by Gasteiger charge is -2.39. The molecule has 1 aliphatic rings. The van der Waals surface area contributed by atoms with Gasteiger partial charge in [0.2, 0.25) is 0 Å². The molecule has 1 aliphatic heterocycles. The van der Waals surface area contributed by atoms with Crippen LogP contribution in [0.3, 0.4) is 0 Å². The summed E-state index contributed by atoms with van der Waals surface area (Å²) in [7, 11) is 0. The van der Waals surface area contributed by atoms with Crippen molar-refractivity contribution in [2.24, 2.45) is 0 Å². The Balaban J connectivity index is 1.14. The first-order valence-corrected chi connectivity index (χ1v) is 16.1. The van der Waals surface area contributed by atoms with Gasteiger partial charge >= 0.3 is 0 Å². The van der Waals surface area contributed by atoms with Gasteiger partial charge in [0, 0.05) is 33.1 Å². The summed E-state index contributed by atoms with van der Waals surface area (Å²) < 4.78 is 6.41. The van der Waals surface area contributed by atoms with Gasteiger partial charge in [0.1, 0.15) is 11.5 Å². The van der Waals surface area contributed by atoms with Gasteiger partial charge in [-0.05, 0) is 65.4 Å². The average Bonchev–Trinajstić information content (AvgIpc) is 3.14. The molecule has 7 aromatic rings. The highest BCUT2D eigenvalue weighted by atomic mass is 16.5. The topological polar surface area (TPSA) is 35.0 Å². The number of fused-ring (bicyclic) bond motifs is 3. The minimum absolute atomic E-state index is 0.0706. The highest BCUT2D eigenvalue weighted by Gasteiger charge is 2.39. The van der Waals surface area contributed by atoms with Gasteiger partial charge < -0.3 is 4.74 Å². The van der Waals surface area contributed by atoms with E-state index in [9.17, 15) is 0 Å². The maximum atomic E-state index is 6.41. The van der Waals surface area contributed by atoms with Crippen LogP contribution in [0.1, 0.15) is 37.8 Å². The zero-order valence-corrected chi connectivity index (χ0v) is 26.1. The highest BCUT2D eigenvalue weighted by Crippen LogP contribution is 2.52. The standard InChI is InChI=1S/C43H34N2O/c1-3-43(4-2)36-18-9-11-20-39(36)46-40-26-25-34(28-37(40)43)33-16-12-15-32(27-33)29-21-23-31(24-22-29)42-44-38-19-10-8-17-35(38)41(45-42)30-13-6-5-7-14-30/h5-28H,3-4H2,1-2H3. The molecule has 0 saturated carbocycles. The SMILES string of the molecule is CCC1(CC)c2ccccc2Oc2ccc(-c3cccc(-c4ccc(-c5nc(-c6ccccc6)c6ccccc6n5)cc4)c3)cc21. The number of hydrogen-bond donors (Lipinski definition) is 0. The molecule has 3 nitrogen and oxygen atoms in total. The minimum Gasteiger partial charge on any atom is -0.457 e. The van der Waals surface area contributed by atoms with Crippen LogP contribution in [0, 0.1) is 0 Å². The lowest BCUT2D eigenvalue weighted by atomic mass is 9.68. The first-order chi connectivity index (χ1) is 22.7. The second-order valence-corrected chi connectivity index (χ2v) is 12.0. The van der Waals surface area contributed by atoms with Crippen LogP contribution in [-0.2, 0) is 5.41 Å². The van der Waals surface area contributed by atoms with E-state index in [0.717, 1.165) is 63.5 Å². The normalized spacial score (nSPS) is 13.1. The largest absolute Gasteiger partial charge is 0.457 e. The number of benzene rings is 6. The fourth-order valence-corrected chi connectivity index (χ4v) is 7.11. The summed E-state index contributed by atoms with van der Waals surface area (Å²) in [5.41, 5.74) is 11.2. The Labute approximate surface area is 270 Å². The number of nitrogens with zero attached hydrogens (tertiary/aromatic N) is 2. The Morgan fingerprint density at radius 1 is 0.478 bits per heavy atom. The number of aromatic nitrogens is 2. The van der Waals surface area contributed by atoms with Crippen LogP contribution in [0.2, 0.25) is 0 Å². The molecule has 0 aliphatic carbocycles. The van der Waals surface area contributed by atoms with E-state index in [0.29, 0.717) is 0 Å². The molecule has 0 N–H and O–H groups in total. The molecule has 0 atom stereocenters. The third-order valence-corrected chi connectivity index (χ3v) is 9.65. The van der Waals surface area contributed by atoms with Crippen molar-refractivity contribution in [3.05, 3.63) is 157 Å². The van der Waals surface area contributed by atoms with E-state index in [1.54, 1.807) is 0 Å². The Bertz CT molecular complexity index is 2200. The molecule has 2 heterocycles. The number of rotatable bonds is 6. The zero-order chi connectivity index (χ0) is 31.1. The second-order valence-electron chi connectivity index (χ2n) is 12.0.